The number of nitrogens with one attached hydrogen (secondary N) is 1. The second-order valence-corrected chi connectivity index (χ2v) is 5.26. The highest BCUT2D eigenvalue weighted by Gasteiger charge is 2.48. The topological polar surface area (TPSA) is 78.4 Å². The van der Waals surface area contributed by atoms with E-state index < -0.39 is 18.0 Å². The summed E-state index contributed by atoms with van der Waals surface area (Å²) >= 11 is 0. The molecule has 21 heavy (non-hydrogen) atoms. The minimum Gasteiger partial charge on any atom is -0.465 e. The van der Waals surface area contributed by atoms with Crippen molar-refractivity contribution < 1.29 is 23.1 Å². The van der Waals surface area contributed by atoms with E-state index in [9.17, 15) is 18.0 Å². The van der Waals surface area contributed by atoms with Gasteiger partial charge in [-0.15, -0.1) is 0 Å². The molecule has 1 amide bonds. The molecule has 9 heteroatoms. The molecule has 3 atom stereocenters. The first-order chi connectivity index (χ1) is 9.86. The van der Waals surface area contributed by atoms with Crippen molar-refractivity contribution in [1.29, 1.82) is 0 Å². The van der Waals surface area contributed by atoms with Gasteiger partial charge in [0.2, 0.25) is 0 Å². The van der Waals surface area contributed by atoms with Gasteiger partial charge in [0.05, 0.1) is 24.5 Å². The summed E-state index contributed by atoms with van der Waals surface area (Å²) in [5.41, 5.74) is -1.05. The zero-order valence-electron chi connectivity index (χ0n) is 10.8. The largest absolute Gasteiger partial charge is 0.465 e. The fourth-order valence-corrected chi connectivity index (χ4v) is 3.18. The smallest absolute Gasteiger partial charge is 0.434 e. The van der Waals surface area contributed by atoms with Crippen LogP contribution >= 0.6 is 0 Å². The van der Waals surface area contributed by atoms with Crippen LogP contribution in [-0.2, 0) is 6.18 Å². The average molecular weight is 302 g/mol. The molecule has 2 bridgehead atoms. The van der Waals surface area contributed by atoms with Crippen molar-refractivity contribution in [2.24, 2.45) is 0 Å². The highest BCUT2D eigenvalue weighted by molar-refractivity contribution is 5.67. The number of carbonyl (C=O) groups is 1. The molecule has 0 aromatic carbocycles. The van der Waals surface area contributed by atoms with Gasteiger partial charge in [-0.1, -0.05) is 0 Å². The van der Waals surface area contributed by atoms with E-state index in [0.717, 1.165) is 19.0 Å². The number of hydrogen-bond acceptors (Lipinski definition) is 4. The van der Waals surface area contributed by atoms with E-state index in [1.807, 2.05) is 0 Å². The number of aromatic nitrogens is 2. The first-order valence-corrected chi connectivity index (χ1v) is 6.53. The summed E-state index contributed by atoms with van der Waals surface area (Å²) in [6, 6.07) is -0.310. The number of rotatable bonds is 2. The second kappa shape index (κ2) is 4.74. The van der Waals surface area contributed by atoms with Crippen LogP contribution in [-0.4, -0.2) is 44.2 Å². The Hall–Kier alpha value is -2.06. The number of halogens is 3. The molecule has 3 unspecified atom stereocenters. The summed E-state index contributed by atoms with van der Waals surface area (Å²) in [6.45, 7) is 0. The molecule has 0 saturated carbocycles. The SMILES string of the molecule is O=C(O)N1C2CCC1C(Nc1cnc(C(F)(F)F)cn1)C2. The van der Waals surface area contributed by atoms with Crippen LogP contribution in [0.2, 0.25) is 0 Å². The monoisotopic (exact) mass is 302 g/mol. The van der Waals surface area contributed by atoms with Gasteiger partial charge in [0.1, 0.15) is 5.82 Å². The Labute approximate surface area is 118 Å². The predicted octanol–water partition coefficient (Wildman–Crippen LogP) is 2.19. The second-order valence-electron chi connectivity index (χ2n) is 5.26. The van der Waals surface area contributed by atoms with Crippen molar-refractivity contribution in [3.63, 3.8) is 0 Å². The van der Waals surface area contributed by atoms with Crippen LogP contribution < -0.4 is 5.32 Å². The molecular weight excluding hydrogens is 289 g/mol. The zero-order chi connectivity index (χ0) is 15.2. The normalized spacial score (nSPS) is 28.0. The molecular formula is C12H13F3N4O2. The number of anilines is 1. The van der Waals surface area contributed by atoms with Gasteiger partial charge < -0.3 is 15.3 Å². The van der Waals surface area contributed by atoms with Crippen molar-refractivity contribution in [2.45, 2.75) is 43.6 Å². The lowest BCUT2D eigenvalue weighted by atomic mass is 9.95. The number of carboxylic acid groups (broad SMARTS) is 1. The van der Waals surface area contributed by atoms with Crippen LogP contribution in [0.4, 0.5) is 23.8 Å². The number of alkyl halides is 3. The van der Waals surface area contributed by atoms with E-state index in [1.165, 1.54) is 4.90 Å². The third-order valence-corrected chi connectivity index (χ3v) is 4.03. The summed E-state index contributed by atoms with van der Waals surface area (Å²) in [5, 5.41) is 12.1. The maximum absolute atomic E-state index is 12.4. The molecule has 114 valence electrons. The Balaban J connectivity index is 1.70. The summed E-state index contributed by atoms with van der Waals surface area (Å²) in [5.74, 6) is 0.228. The van der Waals surface area contributed by atoms with Crippen molar-refractivity contribution >= 4 is 11.9 Å². The van der Waals surface area contributed by atoms with Crippen molar-refractivity contribution in [3.8, 4) is 0 Å². The third-order valence-electron chi connectivity index (χ3n) is 4.03. The van der Waals surface area contributed by atoms with E-state index in [-0.39, 0.29) is 23.9 Å². The molecule has 2 aliphatic rings. The minimum atomic E-state index is -4.52. The van der Waals surface area contributed by atoms with Gasteiger partial charge in [-0.05, 0) is 19.3 Å². The first-order valence-electron chi connectivity index (χ1n) is 6.53. The Bertz CT molecular complexity index is 548. The van der Waals surface area contributed by atoms with E-state index in [0.29, 0.717) is 12.6 Å². The van der Waals surface area contributed by atoms with Crippen LogP contribution in [0, 0.1) is 0 Å². The minimum absolute atomic E-state index is 0.0209. The van der Waals surface area contributed by atoms with Crippen molar-refractivity contribution in [2.75, 3.05) is 5.32 Å². The van der Waals surface area contributed by atoms with E-state index in [1.54, 1.807) is 0 Å². The lowest BCUT2D eigenvalue weighted by Gasteiger charge is -2.23. The maximum atomic E-state index is 12.4. The van der Waals surface area contributed by atoms with Crippen LogP contribution in [0.1, 0.15) is 25.0 Å². The molecule has 2 N–H and O–H groups in total. The van der Waals surface area contributed by atoms with E-state index in [2.05, 4.69) is 15.3 Å². The van der Waals surface area contributed by atoms with Crippen molar-refractivity contribution in [1.82, 2.24) is 14.9 Å². The number of fused-ring (bicyclic) bond motifs is 2. The molecule has 0 aliphatic carbocycles. The molecule has 2 fully saturated rings. The fourth-order valence-electron chi connectivity index (χ4n) is 3.18. The third kappa shape index (κ3) is 2.47. The summed E-state index contributed by atoms with van der Waals surface area (Å²) in [4.78, 5) is 19.6. The standard InChI is InChI=1S/C12H13F3N4O2/c13-12(14,15)9-4-17-10(5-16-9)18-7-3-6-1-2-8(7)19(6)11(20)21/h4-8H,1-3H2,(H,17,18)(H,20,21). The highest BCUT2D eigenvalue weighted by Crippen LogP contribution is 2.39. The molecule has 2 saturated heterocycles. The van der Waals surface area contributed by atoms with Gasteiger partial charge in [0.25, 0.3) is 0 Å². The quantitative estimate of drug-likeness (QED) is 0.875. The zero-order valence-corrected chi connectivity index (χ0v) is 10.8. The first kappa shape index (κ1) is 13.9. The lowest BCUT2D eigenvalue weighted by molar-refractivity contribution is -0.141. The Morgan fingerprint density at radius 1 is 1.33 bits per heavy atom. The predicted molar refractivity (Wildman–Crippen MR) is 65.7 cm³/mol. The number of hydrogen-bond donors (Lipinski definition) is 2. The van der Waals surface area contributed by atoms with Gasteiger partial charge >= 0.3 is 12.3 Å². The van der Waals surface area contributed by atoms with Gasteiger partial charge in [-0.25, -0.2) is 14.8 Å². The molecule has 1 aromatic heterocycles. The Morgan fingerprint density at radius 2 is 2.10 bits per heavy atom. The van der Waals surface area contributed by atoms with Crippen LogP contribution in [0.5, 0.6) is 0 Å². The molecule has 0 radical (unpaired) electrons. The maximum Gasteiger partial charge on any atom is 0.434 e. The Kier molecular flexibility index (Phi) is 3.14. The molecule has 2 aliphatic heterocycles. The van der Waals surface area contributed by atoms with Gasteiger partial charge in [0, 0.05) is 6.04 Å². The molecule has 6 nitrogen and oxygen atoms in total. The number of nitrogens with zero attached hydrogens (tertiary/aromatic N) is 3. The van der Waals surface area contributed by atoms with E-state index >= 15 is 0 Å². The average Bonchev–Trinajstić information content (AvgIpc) is 2.95. The van der Waals surface area contributed by atoms with Crippen molar-refractivity contribution in [3.05, 3.63) is 18.1 Å². The fraction of sp³-hybridized carbons (Fsp3) is 0.583. The number of amides is 1. The van der Waals surface area contributed by atoms with E-state index in [4.69, 9.17) is 5.11 Å². The lowest BCUT2D eigenvalue weighted by Crippen LogP contribution is -2.39. The summed E-state index contributed by atoms with van der Waals surface area (Å²) in [7, 11) is 0. The summed E-state index contributed by atoms with van der Waals surface area (Å²) < 4.78 is 37.2. The molecule has 3 heterocycles. The van der Waals surface area contributed by atoms with Gasteiger partial charge in [0.15, 0.2) is 5.69 Å². The summed E-state index contributed by atoms with van der Waals surface area (Å²) in [6.07, 6.45) is -1.55. The van der Waals surface area contributed by atoms with Crippen LogP contribution in [0.15, 0.2) is 12.4 Å². The molecule has 0 spiro atoms. The Morgan fingerprint density at radius 3 is 2.62 bits per heavy atom. The molecule has 1 aromatic rings. The molecule has 3 rings (SSSR count). The highest BCUT2D eigenvalue weighted by atomic mass is 19.4. The van der Waals surface area contributed by atoms with Crippen LogP contribution in [0.3, 0.4) is 0 Å². The van der Waals surface area contributed by atoms with Crippen LogP contribution in [0.25, 0.3) is 0 Å². The van der Waals surface area contributed by atoms with Gasteiger partial charge in [-0.2, -0.15) is 13.2 Å². The van der Waals surface area contributed by atoms with Gasteiger partial charge in [-0.3, -0.25) is 0 Å².